The molecule has 5 aromatic rings. The summed E-state index contributed by atoms with van der Waals surface area (Å²) in [5.41, 5.74) is 7.36. The Bertz CT molecular complexity index is 3250. The van der Waals surface area contributed by atoms with E-state index in [0.29, 0.717) is 0 Å². The molecule has 14 N–H and O–H groups in total. The van der Waals surface area contributed by atoms with Crippen LogP contribution in [0.2, 0.25) is 0 Å². The number of imidazole rings is 2. The van der Waals surface area contributed by atoms with Crippen LogP contribution in [-0.4, -0.2) is 168 Å². The first-order valence-electron chi connectivity index (χ1n) is 21.0. The normalized spacial score (nSPS) is 30.9. The number of nitrogens with zero attached hydrogens (tertiary/aromatic N) is 8. The molecule has 0 radical (unpaired) electrons. The fraction of sp³-hybridized carbons (Fsp3) is 0.576. The van der Waals surface area contributed by atoms with Gasteiger partial charge in [-0.2, -0.15) is 4.31 Å². The van der Waals surface area contributed by atoms with Crippen LogP contribution < -0.4 is 37.7 Å². The third kappa shape index (κ3) is 11.2. The maximum Gasteiger partial charge on any atom is 0.480 e. The average molecular weight is 1120 g/mol. The lowest BCUT2D eigenvalue weighted by Gasteiger charge is -2.28. The summed E-state index contributed by atoms with van der Waals surface area (Å²) in [5.74, 6) is -1.36. The zero-order chi connectivity index (χ0) is 53.1. The Kier molecular flexibility index (Phi) is 15.6. The van der Waals surface area contributed by atoms with Crippen LogP contribution in [0.5, 0.6) is 0 Å². The first-order chi connectivity index (χ1) is 34.2. The van der Waals surface area contributed by atoms with Crippen LogP contribution in [-0.2, 0) is 66.9 Å². The lowest BCUT2D eigenvalue weighted by molar-refractivity contribution is -0.745. The molecule has 0 bridgehead atoms. The van der Waals surface area contributed by atoms with Crippen LogP contribution in [0.4, 0.5) is 11.8 Å². The predicted octanol–water partition coefficient (Wildman–Crippen LogP) is -4.33. The van der Waals surface area contributed by atoms with Gasteiger partial charge in [0.2, 0.25) is 11.7 Å². The van der Waals surface area contributed by atoms with E-state index in [2.05, 4.69) is 29.2 Å². The van der Waals surface area contributed by atoms with Gasteiger partial charge in [0.05, 0.1) is 45.9 Å². The molecule has 0 amide bonds. The number of nitrogen functional groups attached to an aromatic ring is 2. The molecule has 8 heterocycles. The quantitative estimate of drug-likeness (QED) is 0.0259. The lowest BCUT2D eigenvalue weighted by Crippen LogP contribution is -2.45. The average Bonchev–Trinajstić information content (AvgIpc) is 4.10. The number of aliphatic hydroxyl groups excluding tert-OH is 3. The van der Waals surface area contributed by atoms with Gasteiger partial charge in [0, 0.05) is 32.4 Å². The van der Waals surface area contributed by atoms with Gasteiger partial charge in [0.1, 0.15) is 54.1 Å². The number of hydrogen-bond acceptors (Lipinski definition) is 25. The zero-order valence-electron chi connectivity index (χ0n) is 37.8. The number of rotatable bonds is 20. The highest BCUT2D eigenvalue weighted by molar-refractivity contribution is 7.71. The van der Waals surface area contributed by atoms with Crippen LogP contribution in [0, 0.1) is 5.92 Å². The monoisotopic (exact) mass is 1120 g/mol. The number of fused-ring (bicyclic) bond motifs is 2. The van der Waals surface area contributed by atoms with Crippen LogP contribution in [0.15, 0.2) is 45.6 Å². The van der Waals surface area contributed by atoms with Crippen LogP contribution in [0.1, 0.15) is 18.7 Å². The van der Waals surface area contributed by atoms with E-state index in [-0.39, 0.29) is 40.7 Å². The molecule has 16 atom stereocenters. The fourth-order valence-corrected chi connectivity index (χ4v) is 14.3. The first kappa shape index (κ1) is 54.7. The molecule has 8 rings (SSSR count). The summed E-state index contributed by atoms with van der Waals surface area (Å²) in [5, 5.41) is 32.7. The van der Waals surface area contributed by atoms with Crippen LogP contribution >= 0.6 is 30.9 Å². The van der Waals surface area contributed by atoms with E-state index < -0.39 is 141 Å². The number of hydrogen-bond donors (Lipinski definition) is 12. The number of phosphoric ester groups is 1. The van der Waals surface area contributed by atoms with Gasteiger partial charge in [-0.1, -0.05) is 4.98 Å². The summed E-state index contributed by atoms with van der Waals surface area (Å²) in [6, 6.07) is 0.930. The molecule has 3 aliphatic heterocycles. The SMILES string of the molecule is COC[C@H]1[C@@H](O)[C@H]([n+]2cn(C)c3c(=O)[nH]c(N)nc32)O[C@@H]1COP(=O)(O)NP(=O)(O)OP(=O)(O)OCC1O[C@@H](n2cnc3c(N)ncnc32)[C@H](OC)[C@@H]1P(=O)(O)OC[C@H]1O[C@@H](n2ccc(=O)[nH]c2=O)[C@H](O)[C@@H]1O. The topological polar surface area (TPSA) is 510 Å². The van der Waals surface area contributed by atoms with Crippen molar-refractivity contribution in [1.29, 1.82) is 0 Å². The van der Waals surface area contributed by atoms with Crippen LogP contribution in [0.25, 0.3) is 22.3 Å². The molecule has 0 saturated carbocycles. The molecule has 40 heteroatoms. The molecule has 36 nitrogen and oxygen atoms in total. The van der Waals surface area contributed by atoms with Gasteiger partial charge in [-0.05, 0) is 0 Å². The molecule has 0 aliphatic carbocycles. The van der Waals surface area contributed by atoms with Crippen molar-refractivity contribution in [2.75, 3.05) is 52.1 Å². The second-order valence-electron chi connectivity index (χ2n) is 16.5. The predicted molar refractivity (Wildman–Crippen MR) is 238 cm³/mol. The number of nitrogens with one attached hydrogen (secondary N) is 3. The maximum absolute atomic E-state index is 14.3. The van der Waals surface area contributed by atoms with Gasteiger partial charge < -0.3 is 74.6 Å². The molecular formula is C33H48N13O23P4+. The number of anilines is 2. The Balaban J connectivity index is 0.957. The molecular weight excluding hydrogens is 1070 g/mol. The van der Waals surface area contributed by atoms with Gasteiger partial charge in [0.25, 0.3) is 17.1 Å². The standard InChI is InChI=1S/C33H47N13O23P4/c1-43-12-46(27-19(43)28(51)41-32(35)40-27)29-20(48)13(6-61-2)14(66-29)7-64-71(55,56)42-72(57,58)69-73(59,60)65-9-16-24(23(62-3)31(68-16)45-11-38-18-25(34)36-10-37-26(18)45)70(53,54)63-8-15-21(49)22(50)30(67-15)44-5-4-17(47)39-33(44)52/h4-5,10-16,20-24,29-31,48-50H,6-9H2,1-3H3,(H10-,34,35,36,37,39,40,41,42,47,51,52,53,54,55,56,57,58,59,60)/p+1/t13-,14-,15-,16?,20-,21-,22-,23-,24-,29-,30-,31-/m1/s1. The highest BCUT2D eigenvalue weighted by atomic mass is 31.3. The van der Waals surface area contributed by atoms with Gasteiger partial charge in [0.15, 0.2) is 30.2 Å². The molecule has 3 fully saturated rings. The van der Waals surface area contributed by atoms with Gasteiger partial charge in [-0.25, -0.2) is 38.0 Å². The molecule has 5 unspecified atom stereocenters. The van der Waals surface area contributed by atoms with E-state index in [4.69, 9.17) is 48.7 Å². The molecule has 402 valence electrons. The number of aryl methyl sites for hydroxylation is 1. The van der Waals surface area contributed by atoms with Crippen molar-refractivity contribution in [3.63, 3.8) is 0 Å². The Morgan fingerprint density at radius 3 is 2.22 bits per heavy atom. The minimum absolute atomic E-state index is 0.00166. The van der Waals surface area contributed by atoms with Crippen molar-refractivity contribution in [1.82, 2.24) is 48.5 Å². The van der Waals surface area contributed by atoms with Gasteiger partial charge in [-0.15, -0.1) is 4.86 Å². The number of aromatic amines is 2. The number of aromatic nitrogens is 10. The van der Waals surface area contributed by atoms with Crippen LogP contribution in [0.3, 0.4) is 0 Å². The Morgan fingerprint density at radius 2 is 1.52 bits per heavy atom. The second kappa shape index (κ2) is 20.9. The number of methoxy groups -OCH3 is 2. The number of H-pyrrole nitrogens is 2. The summed E-state index contributed by atoms with van der Waals surface area (Å²) >= 11 is 0. The zero-order valence-corrected chi connectivity index (χ0v) is 41.4. The Hall–Kier alpha value is -4.58. The first-order valence-corrected chi connectivity index (χ1v) is 27.3. The summed E-state index contributed by atoms with van der Waals surface area (Å²) in [6.07, 6.45) is -11.5. The minimum Gasteiger partial charge on any atom is -0.387 e. The van der Waals surface area contributed by atoms with E-state index in [1.165, 1.54) is 39.0 Å². The molecule has 0 aromatic carbocycles. The van der Waals surface area contributed by atoms with Crippen molar-refractivity contribution in [2.45, 2.75) is 67.1 Å². The van der Waals surface area contributed by atoms with Crippen molar-refractivity contribution in [3.05, 3.63) is 62.4 Å². The molecule has 73 heavy (non-hydrogen) atoms. The minimum atomic E-state index is -5.94. The third-order valence-electron chi connectivity index (χ3n) is 11.7. The fourth-order valence-electron chi connectivity index (χ4n) is 8.53. The second-order valence-corrected chi connectivity index (χ2v) is 23.4. The smallest absolute Gasteiger partial charge is 0.387 e. The summed E-state index contributed by atoms with van der Waals surface area (Å²) in [4.78, 5) is 102. The van der Waals surface area contributed by atoms with E-state index in [1.54, 1.807) is 0 Å². The lowest BCUT2D eigenvalue weighted by atomic mass is 9.99. The molecule has 0 spiro atoms. The summed E-state index contributed by atoms with van der Waals surface area (Å²) in [7, 11) is -18.8. The number of phosphoric acid groups is 1. The van der Waals surface area contributed by atoms with Crippen molar-refractivity contribution >= 4 is 65.0 Å². The molecule has 3 aliphatic rings. The molecule has 5 aromatic heterocycles. The molecule has 3 saturated heterocycles. The summed E-state index contributed by atoms with van der Waals surface area (Å²) in [6.45, 7) is -3.39. The van der Waals surface area contributed by atoms with E-state index in [1.807, 2.05) is 4.98 Å². The van der Waals surface area contributed by atoms with E-state index in [9.17, 15) is 67.5 Å². The van der Waals surface area contributed by atoms with Crippen molar-refractivity contribution in [2.24, 2.45) is 13.0 Å². The highest BCUT2D eigenvalue weighted by Gasteiger charge is 2.58. The Morgan fingerprint density at radius 1 is 0.822 bits per heavy atom. The summed E-state index contributed by atoms with van der Waals surface area (Å²) < 4.78 is 107. The largest absolute Gasteiger partial charge is 0.480 e. The Labute approximate surface area is 406 Å². The van der Waals surface area contributed by atoms with Gasteiger partial charge >= 0.3 is 42.2 Å². The number of nitrogens with two attached hydrogens (primary N) is 2. The highest BCUT2D eigenvalue weighted by Crippen LogP contribution is 2.63. The van der Waals surface area contributed by atoms with Crippen molar-refractivity contribution < 1.29 is 99.3 Å². The maximum atomic E-state index is 14.3. The number of aliphatic hydroxyl groups is 3. The van der Waals surface area contributed by atoms with Gasteiger partial charge in [-0.3, -0.25) is 46.9 Å². The van der Waals surface area contributed by atoms with E-state index in [0.717, 1.165) is 36.6 Å². The third-order valence-corrected chi connectivity index (χ3v) is 18.3. The van der Waals surface area contributed by atoms with Crippen molar-refractivity contribution in [3.8, 4) is 0 Å². The number of ether oxygens (including phenoxy) is 5. The van der Waals surface area contributed by atoms with E-state index >= 15 is 0 Å².